The number of benzene rings is 2. The van der Waals surface area contributed by atoms with Crippen molar-refractivity contribution in [2.75, 3.05) is 12.0 Å². The van der Waals surface area contributed by atoms with E-state index in [0.717, 1.165) is 16.2 Å². The minimum Gasteiger partial charge on any atom is -0.487 e. The molecule has 0 aliphatic heterocycles. The number of anilines is 1. The van der Waals surface area contributed by atoms with Crippen molar-refractivity contribution in [1.82, 2.24) is 0 Å². The highest BCUT2D eigenvalue weighted by Gasteiger charge is 2.02. The highest BCUT2D eigenvalue weighted by Crippen LogP contribution is 2.27. The van der Waals surface area contributed by atoms with E-state index in [4.69, 9.17) is 10.5 Å². The molecule has 0 aliphatic rings. The lowest BCUT2D eigenvalue weighted by molar-refractivity contribution is 0.308. The predicted octanol–water partition coefficient (Wildman–Crippen LogP) is 3.57. The number of nitrogens with two attached hydrogens (primary N) is 1. The standard InChI is InChI=1S/C14H15NOS/c1-17-12-7-8-14(13(15)9-12)16-10-11-5-3-2-4-6-11/h2-9H,10,15H2,1H3. The first kappa shape index (κ1) is 11.9. The summed E-state index contributed by atoms with van der Waals surface area (Å²) in [5.41, 5.74) is 7.75. The molecule has 0 heterocycles. The van der Waals surface area contributed by atoms with Crippen molar-refractivity contribution >= 4 is 17.4 Å². The SMILES string of the molecule is CSc1ccc(OCc2ccccc2)c(N)c1. The molecule has 88 valence electrons. The van der Waals surface area contributed by atoms with E-state index in [0.29, 0.717) is 12.3 Å². The van der Waals surface area contributed by atoms with Gasteiger partial charge in [0.1, 0.15) is 12.4 Å². The van der Waals surface area contributed by atoms with E-state index in [1.165, 1.54) is 0 Å². The predicted molar refractivity (Wildman–Crippen MR) is 73.4 cm³/mol. The van der Waals surface area contributed by atoms with Crippen LogP contribution in [0.4, 0.5) is 5.69 Å². The van der Waals surface area contributed by atoms with E-state index in [2.05, 4.69) is 0 Å². The molecule has 0 saturated carbocycles. The van der Waals surface area contributed by atoms with Crippen LogP contribution in [0, 0.1) is 0 Å². The second-order valence-corrected chi connectivity index (χ2v) is 4.56. The number of hydrogen-bond donors (Lipinski definition) is 1. The monoisotopic (exact) mass is 245 g/mol. The molecule has 2 nitrogen and oxygen atoms in total. The van der Waals surface area contributed by atoms with E-state index >= 15 is 0 Å². The Morgan fingerprint density at radius 1 is 1.12 bits per heavy atom. The van der Waals surface area contributed by atoms with E-state index in [9.17, 15) is 0 Å². The molecule has 0 aliphatic carbocycles. The topological polar surface area (TPSA) is 35.2 Å². The van der Waals surface area contributed by atoms with Crippen molar-refractivity contribution < 1.29 is 4.74 Å². The van der Waals surface area contributed by atoms with Crippen molar-refractivity contribution in [3.8, 4) is 5.75 Å². The average Bonchev–Trinajstić information content (AvgIpc) is 2.38. The van der Waals surface area contributed by atoms with E-state index in [1.54, 1.807) is 11.8 Å². The number of hydrogen-bond acceptors (Lipinski definition) is 3. The zero-order valence-corrected chi connectivity index (χ0v) is 10.5. The molecule has 0 bridgehead atoms. The van der Waals surface area contributed by atoms with Crippen LogP contribution in [0.2, 0.25) is 0 Å². The van der Waals surface area contributed by atoms with Crippen LogP contribution in [0.1, 0.15) is 5.56 Å². The van der Waals surface area contributed by atoms with Crippen LogP contribution in [-0.2, 0) is 6.61 Å². The summed E-state index contributed by atoms with van der Waals surface area (Å²) in [7, 11) is 0. The largest absolute Gasteiger partial charge is 0.487 e. The van der Waals surface area contributed by atoms with Gasteiger partial charge < -0.3 is 10.5 Å². The van der Waals surface area contributed by atoms with Gasteiger partial charge in [0, 0.05) is 4.90 Å². The molecular formula is C14H15NOS. The van der Waals surface area contributed by atoms with Gasteiger partial charge in [-0.25, -0.2) is 0 Å². The number of thioether (sulfide) groups is 1. The fourth-order valence-corrected chi connectivity index (χ4v) is 1.97. The Kier molecular flexibility index (Phi) is 3.94. The van der Waals surface area contributed by atoms with Crippen LogP contribution in [-0.4, -0.2) is 6.26 Å². The van der Waals surface area contributed by atoms with Gasteiger partial charge in [-0.1, -0.05) is 30.3 Å². The molecule has 2 aromatic carbocycles. The van der Waals surface area contributed by atoms with Crippen LogP contribution in [0.3, 0.4) is 0 Å². The van der Waals surface area contributed by atoms with Crippen molar-refractivity contribution in [1.29, 1.82) is 0 Å². The maximum Gasteiger partial charge on any atom is 0.142 e. The molecule has 2 rings (SSSR count). The van der Waals surface area contributed by atoms with E-state index < -0.39 is 0 Å². The molecule has 0 amide bonds. The Hall–Kier alpha value is -1.61. The number of ether oxygens (including phenoxy) is 1. The maximum atomic E-state index is 5.92. The molecule has 2 N–H and O–H groups in total. The lowest BCUT2D eigenvalue weighted by atomic mass is 10.2. The maximum absolute atomic E-state index is 5.92. The highest BCUT2D eigenvalue weighted by atomic mass is 32.2. The zero-order chi connectivity index (χ0) is 12.1. The number of nitrogen functional groups attached to an aromatic ring is 1. The molecule has 17 heavy (non-hydrogen) atoms. The van der Waals surface area contributed by atoms with Crippen molar-refractivity contribution in [3.63, 3.8) is 0 Å². The summed E-state index contributed by atoms with van der Waals surface area (Å²) in [5.74, 6) is 0.742. The van der Waals surface area contributed by atoms with Crippen LogP contribution in [0.5, 0.6) is 5.75 Å². The summed E-state index contributed by atoms with van der Waals surface area (Å²) < 4.78 is 5.69. The van der Waals surface area contributed by atoms with Gasteiger partial charge in [0.25, 0.3) is 0 Å². The molecule has 0 spiro atoms. The third-order valence-electron chi connectivity index (χ3n) is 2.45. The Morgan fingerprint density at radius 3 is 2.53 bits per heavy atom. The minimum atomic E-state index is 0.545. The first-order chi connectivity index (χ1) is 8.29. The van der Waals surface area contributed by atoms with Crippen LogP contribution in [0.25, 0.3) is 0 Å². The lowest BCUT2D eigenvalue weighted by Gasteiger charge is -2.09. The van der Waals surface area contributed by atoms with Crippen LogP contribution in [0.15, 0.2) is 53.4 Å². The van der Waals surface area contributed by atoms with Gasteiger partial charge in [-0.05, 0) is 30.0 Å². The smallest absolute Gasteiger partial charge is 0.142 e. The fraction of sp³-hybridized carbons (Fsp3) is 0.143. The average molecular weight is 245 g/mol. The Balaban J connectivity index is 2.04. The normalized spacial score (nSPS) is 10.2. The van der Waals surface area contributed by atoms with Crippen molar-refractivity contribution in [3.05, 3.63) is 54.1 Å². The van der Waals surface area contributed by atoms with Gasteiger partial charge in [0.15, 0.2) is 0 Å². The fourth-order valence-electron chi connectivity index (χ4n) is 1.52. The van der Waals surface area contributed by atoms with Gasteiger partial charge in [0.2, 0.25) is 0 Å². The molecular weight excluding hydrogens is 230 g/mol. The van der Waals surface area contributed by atoms with Crippen molar-refractivity contribution in [2.45, 2.75) is 11.5 Å². The molecule has 0 unspecified atom stereocenters. The van der Waals surface area contributed by atoms with Crippen LogP contribution >= 0.6 is 11.8 Å². The highest BCUT2D eigenvalue weighted by molar-refractivity contribution is 7.98. The summed E-state index contributed by atoms with van der Waals surface area (Å²) >= 11 is 1.67. The second kappa shape index (κ2) is 5.64. The summed E-state index contributed by atoms with van der Waals surface area (Å²) in [6, 6.07) is 15.9. The van der Waals surface area contributed by atoms with Gasteiger partial charge >= 0.3 is 0 Å². The third-order valence-corrected chi connectivity index (χ3v) is 3.18. The van der Waals surface area contributed by atoms with Crippen molar-refractivity contribution in [2.24, 2.45) is 0 Å². The number of rotatable bonds is 4. The Labute approximate surface area is 106 Å². The van der Waals surface area contributed by atoms with Gasteiger partial charge in [-0.2, -0.15) is 0 Å². The van der Waals surface area contributed by atoms with E-state index in [-0.39, 0.29) is 0 Å². The zero-order valence-electron chi connectivity index (χ0n) is 9.72. The van der Waals surface area contributed by atoms with Crippen LogP contribution < -0.4 is 10.5 Å². The van der Waals surface area contributed by atoms with Gasteiger partial charge in [-0.15, -0.1) is 11.8 Å². The first-order valence-corrected chi connectivity index (χ1v) is 6.62. The first-order valence-electron chi connectivity index (χ1n) is 5.40. The Morgan fingerprint density at radius 2 is 1.88 bits per heavy atom. The summed E-state index contributed by atoms with van der Waals surface area (Å²) in [6.07, 6.45) is 2.03. The van der Waals surface area contributed by atoms with Gasteiger partial charge in [-0.3, -0.25) is 0 Å². The molecule has 0 fully saturated rings. The molecule has 2 aromatic rings. The molecule has 0 radical (unpaired) electrons. The summed E-state index contributed by atoms with van der Waals surface area (Å²) in [4.78, 5) is 1.15. The third kappa shape index (κ3) is 3.17. The molecule has 0 atom stereocenters. The van der Waals surface area contributed by atoms with E-state index in [1.807, 2.05) is 54.8 Å². The minimum absolute atomic E-state index is 0.545. The molecule has 3 heteroatoms. The summed E-state index contributed by atoms with van der Waals surface area (Å²) in [5, 5.41) is 0. The summed E-state index contributed by atoms with van der Waals surface area (Å²) in [6.45, 7) is 0.545. The van der Waals surface area contributed by atoms with Gasteiger partial charge in [0.05, 0.1) is 5.69 Å². The second-order valence-electron chi connectivity index (χ2n) is 3.68. The molecule has 0 saturated heterocycles. The quantitative estimate of drug-likeness (QED) is 0.660. The lowest BCUT2D eigenvalue weighted by Crippen LogP contribution is -1.98. The Bertz CT molecular complexity index is 485. The molecule has 0 aromatic heterocycles.